The van der Waals surface area contributed by atoms with Crippen LogP contribution in [-0.4, -0.2) is 58.5 Å². The first-order chi connectivity index (χ1) is 8.47. The molecule has 18 heavy (non-hydrogen) atoms. The van der Waals surface area contributed by atoms with Gasteiger partial charge < -0.3 is 19.7 Å². The van der Waals surface area contributed by atoms with Crippen molar-refractivity contribution in [2.45, 2.75) is 6.42 Å². The first kappa shape index (κ1) is 13.7. The number of aromatic carboxylic acids is 1. The zero-order valence-electron chi connectivity index (χ0n) is 9.97. The SMILES string of the molecule is COC(=O)CCN(C)C(=O)c1nc[nH]c1C(=O)O. The van der Waals surface area contributed by atoms with Gasteiger partial charge in [0, 0.05) is 13.6 Å². The van der Waals surface area contributed by atoms with E-state index in [4.69, 9.17) is 5.11 Å². The number of carbonyl (C=O) groups excluding carboxylic acids is 2. The number of imidazole rings is 1. The molecule has 1 heterocycles. The Labute approximate surface area is 103 Å². The number of aromatic amines is 1. The van der Waals surface area contributed by atoms with Crippen LogP contribution in [0.4, 0.5) is 0 Å². The predicted molar refractivity (Wildman–Crippen MR) is 59.1 cm³/mol. The molecule has 0 saturated heterocycles. The number of carbonyl (C=O) groups is 3. The summed E-state index contributed by atoms with van der Waals surface area (Å²) in [6.45, 7) is 0.122. The average Bonchev–Trinajstić information content (AvgIpc) is 2.83. The second kappa shape index (κ2) is 5.80. The molecule has 0 radical (unpaired) electrons. The monoisotopic (exact) mass is 255 g/mol. The molecule has 1 amide bonds. The molecule has 0 atom stereocenters. The summed E-state index contributed by atoms with van der Waals surface area (Å²) in [6, 6.07) is 0. The molecular weight excluding hydrogens is 242 g/mol. The van der Waals surface area contributed by atoms with Gasteiger partial charge in [0.1, 0.15) is 0 Å². The van der Waals surface area contributed by atoms with E-state index in [0.717, 1.165) is 6.33 Å². The summed E-state index contributed by atoms with van der Waals surface area (Å²) in [5, 5.41) is 8.83. The van der Waals surface area contributed by atoms with Crippen molar-refractivity contribution in [2.75, 3.05) is 20.7 Å². The van der Waals surface area contributed by atoms with Crippen LogP contribution in [0.1, 0.15) is 27.4 Å². The minimum Gasteiger partial charge on any atom is -0.477 e. The van der Waals surface area contributed by atoms with E-state index in [2.05, 4.69) is 14.7 Å². The van der Waals surface area contributed by atoms with E-state index in [1.54, 1.807) is 0 Å². The number of amides is 1. The van der Waals surface area contributed by atoms with Crippen LogP contribution in [-0.2, 0) is 9.53 Å². The molecule has 1 aromatic rings. The van der Waals surface area contributed by atoms with E-state index in [-0.39, 0.29) is 24.4 Å². The number of H-pyrrole nitrogens is 1. The highest BCUT2D eigenvalue weighted by Crippen LogP contribution is 2.06. The summed E-state index contributed by atoms with van der Waals surface area (Å²) >= 11 is 0. The van der Waals surface area contributed by atoms with Gasteiger partial charge in [0.2, 0.25) is 0 Å². The molecule has 0 bridgehead atoms. The Morgan fingerprint density at radius 2 is 2.17 bits per heavy atom. The van der Waals surface area contributed by atoms with Crippen molar-refractivity contribution >= 4 is 17.8 Å². The number of rotatable bonds is 5. The number of carboxylic acid groups (broad SMARTS) is 1. The van der Waals surface area contributed by atoms with E-state index >= 15 is 0 Å². The molecule has 98 valence electrons. The minimum atomic E-state index is -1.27. The lowest BCUT2D eigenvalue weighted by Crippen LogP contribution is -2.30. The predicted octanol–water partition coefficient (Wildman–Crippen LogP) is -0.257. The quantitative estimate of drug-likeness (QED) is 0.701. The van der Waals surface area contributed by atoms with Crippen LogP contribution in [0, 0.1) is 0 Å². The fourth-order valence-corrected chi connectivity index (χ4v) is 1.26. The van der Waals surface area contributed by atoms with Crippen LogP contribution in [0.2, 0.25) is 0 Å². The molecule has 8 nitrogen and oxygen atoms in total. The molecule has 0 aromatic carbocycles. The summed E-state index contributed by atoms with van der Waals surface area (Å²) in [5.41, 5.74) is -0.459. The van der Waals surface area contributed by atoms with Crippen LogP contribution in [0.15, 0.2) is 6.33 Å². The van der Waals surface area contributed by atoms with Gasteiger partial charge in [-0.25, -0.2) is 9.78 Å². The third kappa shape index (κ3) is 3.06. The smallest absolute Gasteiger partial charge is 0.354 e. The Morgan fingerprint density at radius 3 is 2.72 bits per heavy atom. The van der Waals surface area contributed by atoms with Crippen LogP contribution < -0.4 is 0 Å². The van der Waals surface area contributed by atoms with Crippen molar-refractivity contribution < 1.29 is 24.2 Å². The zero-order valence-corrected chi connectivity index (χ0v) is 9.97. The van der Waals surface area contributed by atoms with Gasteiger partial charge in [-0.3, -0.25) is 9.59 Å². The van der Waals surface area contributed by atoms with Gasteiger partial charge in [0.05, 0.1) is 19.9 Å². The molecule has 0 fully saturated rings. The van der Waals surface area contributed by atoms with Crippen molar-refractivity contribution in [1.82, 2.24) is 14.9 Å². The standard InChI is InChI=1S/C10H13N3O5/c1-13(4-3-6(14)18-2)9(15)7-8(10(16)17)12-5-11-7/h5H,3-4H2,1-2H3,(H,11,12)(H,16,17). The lowest BCUT2D eigenvalue weighted by Gasteiger charge is -2.15. The normalized spacial score (nSPS) is 9.89. The maximum Gasteiger partial charge on any atom is 0.354 e. The van der Waals surface area contributed by atoms with Gasteiger partial charge >= 0.3 is 11.9 Å². The molecular formula is C10H13N3O5. The average molecular weight is 255 g/mol. The number of ether oxygens (including phenoxy) is 1. The Bertz CT molecular complexity index is 468. The highest BCUT2D eigenvalue weighted by molar-refractivity contribution is 6.02. The van der Waals surface area contributed by atoms with E-state index in [1.165, 1.54) is 19.1 Å². The van der Waals surface area contributed by atoms with Crippen molar-refractivity contribution in [2.24, 2.45) is 0 Å². The zero-order chi connectivity index (χ0) is 13.7. The molecule has 0 saturated carbocycles. The molecule has 0 aliphatic carbocycles. The molecule has 0 aliphatic heterocycles. The van der Waals surface area contributed by atoms with E-state index in [9.17, 15) is 14.4 Å². The fraction of sp³-hybridized carbons (Fsp3) is 0.400. The second-order valence-electron chi connectivity index (χ2n) is 3.48. The van der Waals surface area contributed by atoms with Crippen molar-refractivity contribution in [3.8, 4) is 0 Å². The lowest BCUT2D eigenvalue weighted by atomic mass is 10.3. The summed E-state index contributed by atoms with van der Waals surface area (Å²) in [5.74, 6) is -2.29. The van der Waals surface area contributed by atoms with Crippen molar-refractivity contribution in [1.29, 1.82) is 0 Å². The highest BCUT2D eigenvalue weighted by atomic mass is 16.5. The molecule has 1 rings (SSSR count). The van der Waals surface area contributed by atoms with E-state index < -0.39 is 17.8 Å². The molecule has 8 heteroatoms. The third-order valence-corrected chi connectivity index (χ3v) is 2.28. The molecule has 2 N–H and O–H groups in total. The third-order valence-electron chi connectivity index (χ3n) is 2.28. The van der Waals surface area contributed by atoms with Gasteiger partial charge in [0.15, 0.2) is 11.4 Å². The molecule has 0 aliphatic rings. The van der Waals surface area contributed by atoms with E-state index in [0.29, 0.717) is 0 Å². The molecule has 0 unspecified atom stereocenters. The van der Waals surface area contributed by atoms with Crippen molar-refractivity contribution in [3.63, 3.8) is 0 Å². The Balaban J connectivity index is 2.71. The Hall–Kier alpha value is -2.38. The number of hydrogen-bond acceptors (Lipinski definition) is 5. The summed E-state index contributed by atoms with van der Waals surface area (Å²) in [7, 11) is 2.70. The topological polar surface area (TPSA) is 113 Å². The van der Waals surface area contributed by atoms with Crippen LogP contribution in [0.5, 0.6) is 0 Å². The maximum atomic E-state index is 11.9. The van der Waals surface area contributed by atoms with Gasteiger partial charge in [0.25, 0.3) is 5.91 Å². The van der Waals surface area contributed by atoms with Crippen LogP contribution in [0.3, 0.4) is 0 Å². The number of methoxy groups -OCH3 is 1. The van der Waals surface area contributed by atoms with E-state index in [1.807, 2.05) is 0 Å². The Morgan fingerprint density at radius 1 is 1.50 bits per heavy atom. The summed E-state index contributed by atoms with van der Waals surface area (Å²) in [4.78, 5) is 40.8. The first-order valence-corrected chi connectivity index (χ1v) is 5.06. The van der Waals surface area contributed by atoms with Gasteiger partial charge in [-0.1, -0.05) is 0 Å². The number of nitrogens with one attached hydrogen (secondary N) is 1. The Kier molecular flexibility index (Phi) is 4.41. The van der Waals surface area contributed by atoms with Crippen molar-refractivity contribution in [3.05, 3.63) is 17.7 Å². The van der Waals surface area contributed by atoms with Gasteiger partial charge in [-0.15, -0.1) is 0 Å². The van der Waals surface area contributed by atoms with Crippen LogP contribution in [0.25, 0.3) is 0 Å². The first-order valence-electron chi connectivity index (χ1n) is 5.06. The highest BCUT2D eigenvalue weighted by Gasteiger charge is 2.22. The summed E-state index contributed by atoms with van der Waals surface area (Å²) in [6.07, 6.45) is 1.16. The largest absolute Gasteiger partial charge is 0.477 e. The second-order valence-corrected chi connectivity index (χ2v) is 3.48. The maximum absolute atomic E-state index is 11.9. The number of carboxylic acids is 1. The van der Waals surface area contributed by atoms with Gasteiger partial charge in [-0.2, -0.15) is 0 Å². The molecule has 1 aromatic heterocycles. The summed E-state index contributed by atoms with van der Waals surface area (Å²) < 4.78 is 4.44. The van der Waals surface area contributed by atoms with Crippen LogP contribution >= 0.6 is 0 Å². The number of aromatic nitrogens is 2. The number of nitrogens with zero attached hydrogens (tertiary/aromatic N) is 2. The minimum absolute atomic E-state index is 0.0333. The number of esters is 1. The number of hydrogen-bond donors (Lipinski definition) is 2. The molecule has 0 spiro atoms. The lowest BCUT2D eigenvalue weighted by molar-refractivity contribution is -0.140. The van der Waals surface area contributed by atoms with Gasteiger partial charge in [-0.05, 0) is 0 Å². The fourth-order valence-electron chi connectivity index (χ4n) is 1.26.